The Morgan fingerprint density at radius 3 is 2.83 bits per heavy atom. The first-order chi connectivity index (χ1) is 8.74. The normalized spacial score (nSPS) is 15.8. The molecule has 2 N–H and O–H groups in total. The lowest BCUT2D eigenvalue weighted by molar-refractivity contribution is -0.120. The van der Waals surface area contributed by atoms with Crippen LogP contribution in [0.3, 0.4) is 0 Å². The molecule has 0 heterocycles. The van der Waals surface area contributed by atoms with E-state index in [4.69, 9.17) is 0 Å². The van der Waals surface area contributed by atoms with E-state index in [1.165, 1.54) is 31.2 Å². The van der Waals surface area contributed by atoms with Gasteiger partial charge in [0.25, 0.3) is 0 Å². The highest BCUT2D eigenvalue weighted by molar-refractivity contribution is 5.78. The predicted octanol–water partition coefficient (Wildman–Crippen LogP) is 2.14. The average molecular weight is 246 g/mol. The second-order valence-corrected chi connectivity index (χ2v) is 5.13. The molecule has 1 amide bonds. The van der Waals surface area contributed by atoms with Crippen LogP contribution >= 0.6 is 0 Å². The van der Waals surface area contributed by atoms with Crippen LogP contribution in [0.2, 0.25) is 0 Å². The quantitative estimate of drug-likeness (QED) is 0.835. The topological polar surface area (TPSA) is 41.1 Å². The fourth-order valence-corrected chi connectivity index (χ4v) is 2.45. The number of hydrogen-bond acceptors (Lipinski definition) is 2. The van der Waals surface area contributed by atoms with Gasteiger partial charge in [-0.1, -0.05) is 42.7 Å². The van der Waals surface area contributed by atoms with Crippen LogP contribution < -0.4 is 10.6 Å². The molecule has 1 aliphatic carbocycles. The Hall–Kier alpha value is -1.35. The summed E-state index contributed by atoms with van der Waals surface area (Å²) in [6.45, 7) is 3.12. The van der Waals surface area contributed by atoms with Crippen molar-refractivity contribution >= 4 is 5.91 Å². The van der Waals surface area contributed by atoms with Crippen LogP contribution in [0.5, 0.6) is 0 Å². The van der Waals surface area contributed by atoms with Gasteiger partial charge < -0.3 is 10.6 Å². The average Bonchev–Trinajstić information content (AvgIpc) is 2.87. The Morgan fingerprint density at radius 1 is 1.33 bits per heavy atom. The van der Waals surface area contributed by atoms with Gasteiger partial charge in [0, 0.05) is 12.6 Å². The SMILES string of the molecule is Cc1cccc(CNC(=O)CNC2CCCC2)c1. The molecule has 1 aromatic rings. The first-order valence-corrected chi connectivity index (χ1v) is 6.79. The van der Waals surface area contributed by atoms with E-state index in [1.807, 2.05) is 12.1 Å². The first-order valence-electron chi connectivity index (χ1n) is 6.79. The standard InChI is InChI=1S/C15H22N2O/c1-12-5-4-6-13(9-12)10-17-15(18)11-16-14-7-2-3-8-14/h4-6,9,14,16H,2-3,7-8,10-11H2,1H3,(H,17,18). The largest absolute Gasteiger partial charge is 0.351 e. The molecular weight excluding hydrogens is 224 g/mol. The Morgan fingerprint density at radius 2 is 2.11 bits per heavy atom. The summed E-state index contributed by atoms with van der Waals surface area (Å²) in [4.78, 5) is 11.7. The lowest BCUT2D eigenvalue weighted by Gasteiger charge is -2.11. The third-order valence-electron chi connectivity index (χ3n) is 3.48. The van der Waals surface area contributed by atoms with Crippen molar-refractivity contribution < 1.29 is 4.79 Å². The summed E-state index contributed by atoms with van der Waals surface area (Å²) < 4.78 is 0. The number of amides is 1. The summed E-state index contributed by atoms with van der Waals surface area (Å²) in [5, 5.41) is 6.27. The molecule has 0 radical (unpaired) electrons. The zero-order chi connectivity index (χ0) is 12.8. The van der Waals surface area contributed by atoms with E-state index < -0.39 is 0 Å². The minimum atomic E-state index is 0.0865. The van der Waals surface area contributed by atoms with E-state index in [9.17, 15) is 4.79 Å². The number of benzene rings is 1. The van der Waals surface area contributed by atoms with Gasteiger partial charge in [-0.2, -0.15) is 0 Å². The van der Waals surface area contributed by atoms with Crippen molar-refractivity contribution in [1.29, 1.82) is 0 Å². The van der Waals surface area contributed by atoms with Gasteiger partial charge in [0.05, 0.1) is 6.54 Å². The fourth-order valence-electron chi connectivity index (χ4n) is 2.45. The summed E-state index contributed by atoms with van der Waals surface area (Å²) in [5.41, 5.74) is 2.38. The molecule has 1 aliphatic rings. The summed E-state index contributed by atoms with van der Waals surface area (Å²) in [5.74, 6) is 0.0865. The van der Waals surface area contributed by atoms with Crippen molar-refractivity contribution in [2.75, 3.05) is 6.54 Å². The minimum absolute atomic E-state index is 0.0865. The second-order valence-electron chi connectivity index (χ2n) is 5.13. The van der Waals surface area contributed by atoms with Gasteiger partial charge in [-0.15, -0.1) is 0 Å². The Balaban J connectivity index is 1.68. The molecule has 0 aliphatic heterocycles. The maximum Gasteiger partial charge on any atom is 0.234 e. The predicted molar refractivity (Wildman–Crippen MR) is 73.3 cm³/mol. The van der Waals surface area contributed by atoms with Gasteiger partial charge >= 0.3 is 0 Å². The molecule has 0 unspecified atom stereocenters. The molecule has 1 fully saturated rings. The van der Waals surface area contributed by atoms with Crippen LogP contribution in [0, 0.1) is 6.92 Å². The fraction of sp³-hybridized carbons (Fsp3) is 0.533. The smallest absolute Gasteiger partial charge is 0.234 e. The lowest BCUT2D eigenvalue weighted by Crippen LogP contribution is -2.37. The van der Waals surface area contributed by atoms with Crippen molar-refractivity contribution in [2.45, 2.75) is 45.2 Å². The first kappa shape index (κ1) is 13.1. The zero-order valence-electron chi connectivity index (χ0n) is 11.0. The molecular formula is C15H22N2O. The van der Waals surface area contributed by atoms with E-state index in [0.717, 1.165) is 5.56 Å². The molecule has 0 spiro atoms. The minimum Gasteiger partial charge on any atom is -0.351 e. The van der Waals surface area contributed by atoms with Crippen molar-refractivity contribution in [1.82, 2.24) is 10.6 Å². The Labute approximate surface area is 109 Å². The number of aryl methyl sites for hydroxylation is 1. The molecule has 0 atom stereocenters. The molecule has 3 nitrogen and oxygen atoms in total. The maximum atomic E-state index is 11.7. The van der Waals surface area contributed by atoms with Crippen LogP contribution in [0.1, 0.15) is 36.8 Å². The van der Waals surface area contributed by atoms with Crippen LogP contribution in [-0.4, -0.2) is 18.5 Å². The second kappa shape index (κ2) is 6.55. The third kappa shape index (κ3) is 4.15. The third-order valence-corrected chi connectivity index (χ3v) is 3.48. The van der Waals surface area contributed by atoms with Gasteiger partial charge in [0.1, 0.15) is 0 Å². The molecule has 0 bridgehead atoms. The lowest BCUT2D eigenvalue weighted by atomic mass is 10.1. The van der Waals surface area contributed by atoms with E-state index in [-0.39, 0.29) is 5.91 Å². The van der Waals surface area contributed by atoms with Crippen molar-refractivity contribution in [3.8, 4) is 0 Å². The van der Waals surface area contributed by atoms with E-state index in [2.05, 4.69) is 29.7 Å². The molecule has 1 saturated carbocycles. The summed E-state index contributed by atoms with van der Waals surface area (Å²) >= 11 is 0. The van der Waals surface area contributed by atoms with E-state index in [0.29, 0.717) is 19.1 Å². The molecule has 2 rings (SSSR count). The monoisotopic (exact) mass is 246 g/mol. The van der Waals surface area contributed by atoms with Gasteiger partial charge in [-0.25, -0.2) is 0 Å². The Kier molecular flexibility index (Phi) is 4.76. The number of rotatable bonds is 5. The number of hydrogen-bond donors (Lipinski definition) is 2. The highest BCUT2D eigenvalue weighted by atomic mass is 16.1. The highest BCUT2D eigenvalue weighted by Gasteiger charge is 2.14. The molecule has 0 saturated heterocycles. The molecule has 18 heavy (non-hydrogen) atoms. The molecule has 1 aromatic carbocycles. The van der Waals surface area contributed by atoms with Gasteiger partial charge in [-0.05, 0) is 25.3 Å². The maximum absolute atomic E-state index is 11.7. The molecule has 98 valence electrons. The van der Waals surface area contributed by atoms with E-state index >= 15 is 0 Å². The number of carbonyl (C=O) groups excluding carboxylic acids is 1. The van der Waals surface area contributed by atoms with Crippen LogP contribution in [-0.2, 0) is 11.3 Å². The van der Waals surface area contributed by atoms with Crippen LogP contribution in [0.4, 0.5) is 0 Å². The zero-order valence-corrected chi connectivity index (χ0v) is 11.0. The van der Waals surface area contributed by atoms with Crippen molar-refractivity contribution in [3.05, 3.63) is 35.4 Å². The number of nitrogens with one attached hydrogen (secondary N) is 2. The van der Waals surface area contributed by atoms with Gasteiger partial charge in [0.2, 0.25) is 5.91 Å². The molecule has 0 aromatic heterocycles. The molecule has 3 heteroatoms. The highest BCUT2D eigenvalue weighted by Crippen LogP contribution is 2.17. The van der Waals surface area contributed by atoms with Crippen LogP contribution in [0.15, 0.2) is 24.3 Å². The Bertz CT molecular complexity index is 397. The van der Waals surface area contributed by atoms with E-state index in [1.54, 1.807) is 0 Å². The number of carbonyl (C=O) groups is 1. The van der Waals surface area contributed by atoms with Crippen molar-refractivity contribution in [2.24, 2.45) is 0 Å². The summed E-state index contributed by atoms with van der Waals surface area (Å²) in [6, 6.07) is 8.78. The van der Waals surface area contributed by atoms with Crippen LogP contribution in [0.25, 0.3) is 0 Å². The van der Waals surface area contributed by atoms with Gasteiger partial charge in [-0.3, -0.25) is 4.79 Å². The van der Waals surface area contributed by atoms with Crippen molar-refractivity contribution in [3.63, 3.8) is 0 Å². The summed E-state index contributed by atoms with van der Waals surface area (Å²) in [7, 11) is 0. The summed E-state index contributed by atoms with van der Waals surface area (Å²) in [6.07, 6.45) is 5.02. The van der Waals surface area contributed by atoms with Gasteiger partial charge in [0.15, 0.2) is 0 Å².